The van der Waals surface area contributed by atoms with E-state index in [0.29, 0.717) is 6.42 Å². The number of ketones is 1. The number of hydrogen-bond acceptors (Lipinski definition) is 1. The minimum atomic E-state index is 0.0964. The van der Waals surface area contributed by atoms with E-state index in [1.54, 1.807) is 0 Å². The molecule has 0 aliphatic heterocycles. The molecule has 1 unspecified atom stereocenters. The maximum Gasteiger partial charge on any atom is 0.162 e. The highest BCUT2D eigenvalue weighted by Crippen LogP contribution is 2.36. The second-order valence-corrected chi connectivity index (χ2v) is 5.38. The molecule has 0 radical (unpaired) electrons. The first-order valence-electron chi connectivity index (χ1n) is 6.74. The minimum Gasteiger partial charge on any atom is -0.294 e. The fraction of sp³-hybridized carbons (Fsp3) is 0.471. The van der Waals surface area contributed by atoms with E-state index in [1.165, 1.54) is 5.57 Å². The van der Waals surface area contributed by atoms with Gasteiger partial charge in [-0.1, -0.05) is 62.8 Å². The fourth-order valence-electron chi connectivity index (χ4n) is 2.26. The fourth-order valence-corrected chi connectivity index (χ4v) is 2.26. The Morgan fingerprint density at radius 3 is 2.33 bits per heavy atom. The summed E-state index contributed by atoms with van der Waals surface area (Å²) in [5.41, 5.74) is 2.10. The lowest BCUT2D eigenvalue weighted by Crippen LogP contribution is -2.19. The third-order valence-corrected chi connectivity index (χ3v) is 3.83. The number of rotatable bonds is 7. The van der Waals surface area contributed by atoms with Crippen LogP contribution in [0.1, 0.15) is 56.8 Å². The van der Waals surface area contributed by atoms with Crippen molar-refractivity contribution >= 4 is 5.78 Å². The van der Waals surface area contributed by atoms with E-state index in [2.05, 4.69) is 27.4 Å². The molecular formula is C17H24O. The van der Waals surface area contributed by atoms with Crippen molar-refractivity contribution in [1.29, 1.82) is 0 Å². The highest BCUT2D eigenvalue weighted by Gasteiger charge is 2.25. The summed E-state index contributed by atoms with van der Waals surface area (Å²) in [6.07, 6.45) is 3.73. The van der Waals surface area contributed by atoms with Gasteiger partial charge in [-0.05, 0) is 25.2 Å². The Kier molecular flexibility index (Phi) is 5.33. The number of allylic oxidation sites excluding steroid dienone is 1. The highest BCUT2D eigenvalue weighted by atomic mass is 16.1. The van der Waals surface area contributed by atoms with Gasteiger partial charge in [0.15, 0.2) is 5.78 Å². The van der Waals surface area contributed by atoms with Crippen LogP contribution in [0.2, 0.25) is 0 Å². The standard InChI is InChI=1S/C17H24O/c1-5-12-17(4,14(2)3)13-11-16(18)15-9-7-6-8-10-15/h6-10H,2,5,11-13H2,1,3-4H3. The molecule has 0 heterocycles. The lowest BCUT2D eigenvalue weighted by Gasteiger charge is -2.29. The Morgan fingerprint density at radius 2 is 1.83 bits per heavy atom. The molecule has 1 aromatic carbocycles. The van der Waals surface area contributed by atoms with Gasteiger partial charge in [-0.25, -0.2) is 0 Å². The van der Waals surface area contributed by atoms with Gasteiger partial charge in [-0.3, -0.25) is 4.79 Å². The number of carbonyl (C=O) groups is 1. The normalized spacial score (nSPS) is 13.9. The second-order valence-electron chi connectivity index (χ2n) is 5.38. The van der Waals surface area contributed by atoms with Gasteiger partial charge in [-0.15, -0.1) is 0 Å². The van der Waals surface area contributed by atoms with Crippen LogP contribution in [-0.4, -0.2) is 5.78 Å². The molecule has 1 heteroatoms. The monoisotopic (exact) mass is 244 g/mol. The van der Waals surface area contributed by atoms with Gasteiger partial charge in [0, 0.05) is 12.0 Å². The minimum absolute atomic E-state index is 0.0964. The summed E-state index contributed by atoms with van der Waals surface area (Å²) < 4.78 is 0. The van der Waals surface area contributed by atoms with E-state index >= 15 is 0 Å². The van der Waals surface area contributed by atoms with Crippen molar-refractivity contribution in [3.8, 4) is 0 Å². The predicted octanol–water partition coefficient (Wildman–Crippen LogP) is 5.03. The lowest BCUT2D eigenvalue weighted by molar-refractivity contribution is 0.0964. The SMILES string of the molecule is C=C(C)C(C)(CCC)CCC(=O)c1ccccc1. The Balaban J connectivity index is 2.64. The number of hydrogen-bond donors (Lipinski definition) is 0. The average Bonchev–Trinajstić information content (AvgIpc) is 2.37. The topological polar surface area (TPSA) is 17.1 Å². The molecule has 0 fully saturated rings. The Hall–Kier alpha value is -1.37. The summed E-state index contributed by atoms with van der Waals surface area (Å²) in [5.74, 6) is 0.235. The molecule has 0 aliphatic rings. The number of benzene rings is 1. The van der Waals surface area contributed by atoms with Gasteiger partial charge >= 0.3 is 0 Å². The summed E-state index contributed by atoms with van der Waals surface area (Å²) in [7, 11) is 0. The van der Waals surface area contributed by atoms with Crippen LogP contribution in [0.4, 0.5) is 0 Å². The van der Waals surface area contributed by atoms with Gasteiger partial charge < -0.3 is 0 Å². The van der Waals surface area contributed by atoms with Gasteiger partial charge in [0.1, 0.15) is 0 Å². The van der Waals surface area contributed by atoms with Crippen LogP contribution in [0.25, 0.3) is 0 Å². The molecule has 18 heavy (non-hydrogen) atoms. The summed E-state index contributed by atoms with van der Waals surface area (Å²) in [4.78, 5) is 12.1. The summed E-state index contributed by atoms with van der Waals surface area (Å²) >= 11 is 0. The molecule has 1 rings (SSSR count). The van der Waals surface area contributed by atoms with Crippen molar-refractivity contribution in [2.45, 2.75) is 46.5 Å². The summed E-state index contributed by atoms with van der Waals surface area (Å²) in [6, 6.07) is 9.54. The molecular weight excluding hydrogens is 220 g/mol. The lowest BCUT2D eigenvalue weighted by atomic mass is 9.75. The maximum atomic E-state index is 12.1. The molecule has 0 saturated heterocycles. The largest absolute Gasteiger partial charge is 0.294 e. The molecule has 1 atom stereocenters. The zero-order valence-electron chi connectivity index (χ0n) is 11.8. The van der Waals surface area contributed by atoms with E-state index in [4.69, 9.17) is 0 Å². The Morgan fingerprint density at radius 1 is 1.22 bits per heavy atom. The molecule has 0 aromatic heterocycles. The van der Waals surface area contributed by atoms with Crippen molar-refractivity contribution in [2.75, 3.05) is 0 Å². The highest BCUT2D eigenvalue weighted by molar-refractivity contribution is 5.96. The first-order chi connectivity index (χ1) is 8.49. The maximum absolute atomic E-state index is 12.1. The third-order valence-electron chi connectivity index (χ3n) is 3.83. The first-order valence-corrected chi connectivity index (χ1v) is 6.74. The first kappa shape index (κ1) is 14.7. The van der Waals surface area contributed by atoms with Gasteiger partial charge in [0.2, 0.25) is 0 Å². The van der Waals surface area contributed by atoms with Crippen molar-refractivity contribution in [3.63, 3.8) is 0 Å². The average molecular weight is 244 g/mol. The second kappa shape index (κ2) is 6.53. The van der Waals surface area contributed by atoms with Crippen LogP contribution in [-0.2, 0) is 0 Å². The Labute approximate surface area is 111 Å². The summed E-state index contributed by atoms with van der Waals surface area (Å²) in [6.45, 7) is 10.6. The van der Waals surface area contributed by atoms with E-state index in [1.807, 2.05) is 30.3 Å². The van der Waals surface area contributed by atoms with Crippen LogP contribution < -0.4 is 0 Å². The van der Waals surface area contributed by atoms with Gasteiger partial charge in [0.25, 0.3) is 0 Å². The number of Topliss-reactive ketones (excluding diaryl/α,β-unsaturated/α-hetero) is 1. The molecule has 1 aromatic rings. The van der Waals surface area contributed by atoms with Crippen molar-refractivity contribution in [3.05, 3.63) is 48.0 Å². The molecule has 98 valence electrons. The van der Waals surface area contributed by atoms with Gasteiger partial charge in [0.05, 0.1) is 0 Å². The van der Waals surface area contributed by atoms with Crippen molar-refractivity contribution in [2.24, 2.45) is 5.41 Å². The van der Waals surface area contributed by atoms with Crippen molar-refractivity contribution in [1.82, 2.24) is 0 Å². The van der Waals surface area contributed by atoms with Crippen LogP contribution in [0.5, 0.6) is 0 Å². The van der Waals surface area contributed by atoms with E-state index in [-0.39, 0.29) is 11.2 Å². The van der Waals surface area contributed by atoms with Crippen LogP contribution >= 0.6 is 0 Å². The Bertz CT molecular complexity index is 405. The van der Waals surface area contributed by atoms with Gasteiger partial charge in [-0.2, -0.15) is 0 Å². The zero-order chi connectivity index (χ0) is 13.6. The molecule has 0 amide bonds. The molecule has 1 nitrogen and oxygen atoms in total. The molecule has 0 aliphatic carbocycles. The number of carbonyl (C=O) groups excluding carboxylic acids is 1. The van der Waals surface area contributed by atoms with Crippen LogP contribution in [0.3, 0.4) is 0 Å². The zero-order valence-corrected chi connectivity index (χ0v) is 11.8. The summed E-state index contributed by atoms with van der Waals surface area (Å²) in [5, 5.41) is 0. The quantitative estimate of drug-likeness (QED) is 0.485. The molecule has 0 spiro atoms. The predicted molar refractivity (Wildman–Crippen MR) is 77.8 cm³/mol. The third kappa shape index (κ3) is 3.83. The van der Waals surface area contributed by atoms with Crippen LogP contribution in [0, 0.1) is 5.41 Å². The molecule has 0 N–H and O–H groups in total. The van der Waals surface area contributed by atoms with E-state index < -0.39 is 0 Å². The van der Waals surface area contributed by atoms with E-state index in [9.17, 15) is 4.79 Å². The smallest absolute Gasteiger partial charge is 0.162 e. The van der Waals surface area contributed by atoms with Crippen LogP contribution in [0.15, 0.2) is 42.5 Å². The molecule has 0 saturated carbocycles. The molecule has 0 bridgehead atoms. The van der Waals surface area contributed by atoms with Crippen molar-refractivity contribution < 1.29 is 4.79 Å². The van der Waals surface area contributed by atoms with E-state index in [0.717, 1.165) is 24.8 Å².